The van der Waals surface area contributed by atoms with Crippen molar-refractivity contribution >= 4 is 34.4 Å². The normalized spacial score (nSPS) is 14.5. The molecule has 0 aliphatic carbocycles. The molecule has 11 nitrogen and oxygen atoms in total. The second-order valence-corrected chi connectivity index (χ2v) is 12.6. The average Bonchev–Trinajstić information content (AvgIpc) is 3.73. The summed E-state index contributed by atoms with van der Waals surface area (Å²) >= 11 is 0. The van der Waals surface area contributed by atoms with Gasteiger partial charge in [-0.1, -0.05) is 36.4 Å². The number of aromatic nitrogens is 3. The van der Waals surface area contributed by atoms with E-state index in [0.717, 1.165) is 34.1 Å². The third kappa shape index (κ3) is 6.90. The van der Waals surface area contributed by atoms with Gasteiger partial charge in [-0.3, -0.25) is 9.48 Å². The van der Waals surface area contributed by atoms with Gasteiger partial charge in [-0.15, -0.1) is 0 Å². The Kier molecular flexibility index (Phi) is 9.20. The topological polar surface area (TPSA) is 120 Å². The molecule has 0 radical (unpaired) electrons. The second kappa shape index (κ2) is 13.6. The summed E-state index contributed by atoms with van der Waals surface area (Å²) in [5.74, 6) is 1.82. The van der Waals surface area contributed by atoms with Gasteiger partial charge in [0.25, 0.3) is 5.91 Å². The molecule has 1 aliphatic heterocycles. The fraction of sp³-hybridized carbons (Fsp3) is 0.297. The van der Waals surface area contributed by atoms with Crippen LogP contribution in [-0.2, 0) is 11.3 Å². The molecule has 0 saturated carbocycles. The Labute approximate surface area is 279 Å². The monoisotopic (exact) mass is 648 g/mol. The van der Waals surface area contributed by atoms with Crippen LogP contribution >= 0.6 is 0 Å². The maximum absolute atomic E-state index is 13.0. The predicted molar refractivity (Wildman–Crippen MR) is 186 cm³/mol. The average molecular weight is 649 g/mol. The largest absolute Gasteiger partial charge is 0.496 e. The third-order valence-corrected chi connectivity index (χ3v) is 8.20. The van der Waals surface area contributed by atoms with Crippen LogP contribution in [0, 0.1) is 0 Å². The molecule has 5 aromatic rings. The zero-order chi connectivity index (χ0) is 33.8. The summed E-state index contributed by atoms with van der Waals surface area (Å²) in [5.41, 5.74) is 3.92. The summed E-state index contributed by atoms with van der Waals surface area (Å²) < 4.78 is 18.9. The summed E-state index contributed by atoms with van der Waals surface area (Å²) in [6, 6.07) is 24.3. The Hall–Kier alpha value is -5.58. The summed E-state index contributed by atoms with van der Waals surface area (Å²) in [4.78, 5) is 32.4. The van der Waals surface area contributed by atoms with E-state index in [1.807, 2.05) is 92.2 Å². The second-order valence-electron chi connectivity index (χ2n) is 12.6. The van der Waals surface area contributed by atoms with E-state index in [1.54, 1.807) is 37.4 Å². The number of ether oxygens (including phenoxy) is 3. The van der Waals surface area contributed by atoms with Crippen molar-refractivity contribution in [3.63, 3.8) is 0 Å². The molecule has 1 atom stereocenters. The van der Waals surface area contributed by atoms with Gasteiger partial charge in [0.05, 0.1) is 36.7 Å². The van der Waals surface area contributed by atoms with Gasteiger partial charge in [-0.25, -0.2) is 9.78 Å². The first-order valence-electron chi connectivity index (χ1n) is 15.9. The molecule has 1 aliphatic rings. The predicted octanol–water partition coefficient (Wildman–Crippen LogP) is 7.16. The number of benzene rings is 3. The van der Waals surface area contributed by atoms with Gasteiger partial charge < -0.3 is 29.7 Å². The van der Waals surface area contributed by atoms with Crippen LogP contribution in [0.3, 0.4) is 0 Å². The smallest absolute Gasteiger partial charge is 0.410 e. The molecule has 3 aromatic carbocycles. The third-order valence-electron chi connectivity index (χ3n) is 8.20. The minimum Gasteiger partial charge on any atom is -0.496 e. The molecule has 248 valence electrons. The Morgan fingerprint density at radius 2 is 1.62 bits per heavy atom. The molecule has 0 bridgehead atoms. The number of likely N-dealkylation sites (tertiary alicyclic amines) is 1. The lowest BCUT2D eigenvalue weighted by atomic mass is 10.1. The highest BCUT2D eigenvalue weighted by Crippen LogP contribution is 2.37. The van der Waals surface area contributed by atoms with Crippen LogP contribution in [0.5, 0.6) is 11.5 Å². The highest BCUT2D eigenvalue weighted by atomic mass is 16.6. The lowest BCUT2D eigenvalue weighted by Crippen LogP contribution is -2.35. The minimum atomic E-state index is -0.582. The standard InChI is InChI=1S/C37H40N6O5/c1-37(2,3)48-36(45)42-21-19-27(23-42)43-29-18-20-38-34(39-22-28-30(46-4)12-9-13-31(28)47-5)32(29)33(41-43)24-14-16-25(17-15-24)35(44)40-26-10-7-6-8-11-26/h6-18,20,27H,19,21-23H2,1-5H3,(H,38,39)(H,40,44)/t27-/m0/s1. The molecular weight excluding hydrogens is 608 g/mol. The van der Waals surface area contributed by atoms with E-state index in [-0.39, 0.29) is 18.0 Å². The van der Waals surface area contributed by atoms with Crippen molar-refractivity contribution in [2.24, 2.45) is 0 Å². The van der Waals surface area contributed by atoms with Crippen molar-refractivity contribution in [1.82, 2.24) is 19.7 Å². The summed E-state index contributed by atoms with van der Waals surface area (Å²) in [7, 11) is 3.26. The fourth-order valence-electron chi connectivity index (χ4n) is 5.91. The van der Waals surface area contributed by atoms with Crippen molar-refractivity contribution in [2.45, 2.75) is 45.4 Å². The number of hydrogen-bond donors (Lipinski definition) is 2. The van der Waals surface area contributed by atoms with Crippen LogP contribution in [0.15, 0.2) is 85.1 Å². The number of para-hydroxylation sites is 1. The SMILES string of the molecule is COc1cccc(OC)c1CNc1nccc2c1c(-c1ccc(C(=O)Nc3ccccc3)cc1)nn2[C@H]1CCN(C(=O)OC(C)(C)C)C1. The number of pyridine rings is 1. The van der Waals surface area contributed by atoms with Crippen molar-refractivity contribution < 1.29 is 23.8 Å². The molecule has 48 heavy (non-hydrogen) atoms. The molecule has 1 fully saturated rings. The molecule has 2 aromatic heterocycles. The van der Waals surface area contributed by atoms with Gasteiger partial charge in [0.2, 0.25) is 0 Å². The number of hydrogen-bond acceptors (Lipinski definition) is 8. The zero-order valence-electron chi connectivity index (χ0n) is 27.8. The maximum atomic E-state index is 13.0. The first-order valence-corrected chi connectivity index (χ1v) is 15.9. The number of methoxy groups -OCH3 is 2. The summed E-state index contributed by atoms with van der Waals surface area (Å²) in [5, 5.41) is 12.4. The molecule has 6 rings (SSSR count). The van der Waals surface area contributed by atoms with E-state index in [9.17, 15) is 9.59 Å². The van der Waals surface area contributed by atoms with E-state index in [4.69, 9.17) is 24.3 Å². The Balaban J connectivity index is 1.36. The first kappa shape index (κ1) is 32.4. The van der Waals surface area contributed by atoms with Crippen LogP contribution in [-0.4, -0.2) is 64.6 Å². The van der Waals surface area contributed by atoms with Gasteiger partial charge in [-0.05, 0) is 69.7 Å². The van der Waals surface area contributed by atoms with Crippen LogP contribution < -0.4 is 20.1 Å². The first-order chi connectivity index (χ1) is 23.1. The number of rotatable bonds is 9. The van der Waals surface area contributed by atoms with E-state index in [0.29, 0.717) is 48.2 Å². The van der Waals surface area contributed by atoms with Crippen molar-refractivity contribution in [3.05, 3.63) is 96.2 Å². The highest BCUT2D eigenvalue weighted by molar-refractivity contribution is 6.05. The molecule has 0 unspecified atom stereocenters. The van der Waals surface area contributed by atoms with E-state index < -0.39 is 5.60 Å². The minimum absolute atomic E-state index is 0.0748. The quantitative estimate of drug-likeness (QED) is 0.173. The number of fused-ring (bicyclic) bond motifs is 1. The lowest BCUT2D eigenvalue weighted by Gasteiger charge is -2.24. The maximum Gasteiger partial charge on any atom is 0.410 e. The molecule has 2 N–H and O–H groups in total. The molecule has 3 heterocycles. The fourth-order valence-corrected chi connectivity index (χ4v) is 5.91. The number of nitrogens with one attached hydrogen (secondary N) is 2. The Morgan fingerprint density at radius 3 is 2.29 bits per heavy atom. The van der Waals surface area contributed by atoms with Gasteiger partial charge in [0.15, 0.2) is 0 Å². The summed E-state index contributed by atoms with van der Waals surface area (Å²) in [6.07, 6.45) is 2.14. The van der Waals surface area contributed by atoms with Crippen LogP contribution in [0.1, 0.15) is 49.2 Å². The number of nitrogens with zero attached hydrogens (tertiary/aromatic N) is 4. The Bertz CT molecular complexity index is 1890. The molecule has 2 amide bonds. The van der Waals surface area contributed by atoms with Gasteiger partial charge >= 0.3 is 6.09 Å². The van der Waals surface area contributed by atoms with Gasteiger partial charge in [0.1, 0.15) is 28.6 Å². The van der Waals surface area contributed by atoms with E-state index in [2.05, 4.69) is 10.6 Å². The van der Waals surface area contributed by atoms with E-state index >= 15 is 0 Å². The number of anilines is 2. The van der Waals surface area contributed by atoms with Crippen molar-refractivity contribution in [2.75, 3.05) is 37.9 Å². The highest BCUT2D eigenvalue weighted by Gasteiger charge is 2.33. The lowest BCUT2D eigenvalue weighted by molar-refractivity contribution is 0.0288. The van der Waals surface area contributed by atoms with Crippen molar-refractivity contribution in [1.29, 1.82) is 0 Å². The number of carbonyl (C=O) groups is 2. The summed E-state index contributed by atoms with van der Waals surface area (Å²) in [6.45, 7) is 7.01. The van der Waals surface area contributed by atoms with Crippen LogP contribution in [0.2, 0.25) is 0 Å². The zero-order valence-corrected chi connectivity index (χ0v) is 27.8. The van der Waals surface area contributed by atoms with Crippen LogP contribution in [0.25, 0.3) is 22.2 Å². The number of carbonyl (C=O) groups excluding carboxylic acids is 2. The molecule has 1 saturated heterocycles. The number of amides is 2. The molecule has 11 heteroatoms. The van der Waals surface area contributed by atoms with Gasteiger partial charge in [-0.2, -0.15) is 5.10 Å². The molecule has 0 spiro atoms. The van der Waals surface area contributed by atoms with Gasteiger partial charge in [0, 0.05) is 42.6 Å². The van der Waals surface area contributed by atoms with Crippen molar-refractivity contribution in [3.8, 4) is 22.8 Å². The Morgan fingerprint density at radius 1 is 0.917 bits per heavy atom. The van der Waals surface area contributed by atoms with Crippen LogP contribution in [0.4, 0.5) is 16.3 Å². The molecular formula is C37H40N6O5. The van der Waals surface area contributed by atoms with E-state index in [1.165, 1.54) is 0 Å².